The molecule has 2 heteroatoms. The van der Waals surface area contributed by atoms with Gasteiger partial charge in [-0.15, -0.1) is 0 Å². The first-order valence-electron chi connectivity index (χ1n) is 6.82. The summed E-state index contributed by atoms with van der Waals surface area (Å²) >= 11 is 0. The third kappa shape index (κ3) is 2.04. The van der Waals surface area contributed by atoms with E-state index in [2.05, 4.69) is 13.8 Å². The van der Waals surface area contributed by atoms with Crippen molar-refractivity contribution < 1.29 is 4.79 Å². The highest BCUT2D eigenvalue weighted by Gasteiger charge is 2.46. The molecule has 2 aliphatic carbocycles. The van der Waals surface area contributed by atoms with Crippen molar-refractivity contribution in [2.45, 2.75) is 52.4 Å². The lowest BCUT2D eigenvalue weighted by Crippen LogP contribution is -2.48. The maximum absolute atomic E-state index is 12.5. The van der Waals surface area contributed by atoms with Crippen molar-refractivity contribution in [1.29, 1.82) is 0 Å². The maximum Gasteiger partial charge on any atom is 0.143 e. The van der Waals surface area contributed by atoms with Gasteiger partial charge in [0, 0.05) is 17.9 Å². The Morgan fingerprint density at radius 1 is 1.19 bits per heavy atom. The normalized spacial score (nSPS) is 37.8. The molecule has 0 bridgehead atoms. The SMILES string of the molecule is CC1CC(C)CC(C(=O)C2(CN)CCC2)C1. The number of rotatable bonds is 3. The molecule has 2 atom stereocenters. The monoisotopic (exact) mass is 223 g/mol. The highest BCUT2D eigenvalue weighted by molar-refractivity contribution is 5.88. The Balaban J connectivity index is 2.03. The molecule has 2 nitrogen and oxygen atoms in total. The average molecular weight is 223 g/mol. The van der Waals surface area contributed by atoms with Crippen LogP contribution in [0.1, 0.15) is 52.4 Å². The van der Waals surface area contributed by atoms with Gasteiger partial charge in [-0.05, 0) is 43.9 Å². The smallest absolute Gasteiger partial charge is 0.143 e. The first-order chi connectivity index (χ1) is 7.57. The first kappa shape index (κ1) is 12.1. The van der Waals surface area contributed by atoms with Crippen LogP contribution in [0.25, 0.3) is 0 Å². The molecule has 16 heavy (non-hydrogen) atoms. The highest BCUT2D eigenvalue weighted by Crippen LogP contribution is 2.46. The van der Waals surface area contributed by atoms with E-state index in [1.165, 1.54) is 12.8 Å². The van der Waals surface area contributed by atoms with Gasteiger partial charge in [0.2, 0.25) is 0 Å². The lowest BCUT2D eigenvalue weighted by atomic mass is 9.60. The summed E-state index contributed by atoms with van der Waals surface area (Å²) < 4.78 is 0. The Morgan fingerprint density at radius 3 is 2.12 bits per heavy atom. The van der Waals surface area contributed by atoms with Crippen LogP contribution in [0.3, 0.4) is 0 Å². The lowest BCUT2D eigenvalue weighted by Gasteiger charge is -2.43. The van der Waals surface area contributed by atoms with E-state index in [1.807, 2.05) is 0 Å². The van der Waals surface area contributed by atoms with E-state index in [0.717, 1.165) is 25.7 Å². The van der Waals surface area contributed by atoms with Crippen LogP contribution in [-0.2, 0) is 4.79 Å². The summed E-state index contributed by atoms with van der Waals surface area (Å²) in [6.45, 7) is 5.14. The van der Waals surface area contributed by atoms with Crippen molar-refractivity contribution in [3.05, 3.63) is 0 Å². The van der Waals surface area contributed by atoms with Gasteiger partial charge in [0.25, 0.3) is 0 Å². The van der Waals surface area contributed by atoms with Gasteiger partial charge >= 0.3 is 0 Å². The quantitative estimate of drug-likeness (QED) is 0.799. The van der Waals surface area contributed by atoms with Gasteiger partial charge in [-0.25, -0.2) is 0 Å². The van der Waals surface area contributed by atoms with Crippen molar-refractivity contribution in [2.75, 3.05) is 6.54 Å². The van der Waals surface area contributed by atoms with E-state index in [0.29, 0.717) is 30.1 Å². The molecule has 92 valence electrons. The number of carbonyl (C=O) groups is 1. The largest absolute Gasteiger partial charge is 0.329 e. The summed E-state index contributed by atoms with van der Waals surface area (Å²) in [5, 5.41) is 0. The molecule has 2 aliphatic rings. The van der Waals surface area contributed by atoms with Crippen molar-refractivity contribution in [2.24, 2.45) is 28.9 Å². The molecule has 0 amide bonds. The summed E-state index contributed by atoms with van der Waals surface area (Å²) in [7, 11) is 0. The molecular formula is C14H25NO. The molecule has 0 saturated heterocycles. The topological polar surface area (TPSA) is 43.1 Å². The summed E-state index contributed by atoms with van der Waals surface area (Å²) in [6, 6.07) is 0. The van der Waals surface area contributed by atoms with Gasteiger partial charge in [0.15, 0.2) is 0 Å². The summed E-state index contributed by atoms with van der Waals surface area (Å²) in [4.78, 5) is 12.5. The molecule has 0 heterocycles. The van der Waals surface area contributed by atoms with E-state index in [9.17, 15) is 4.79 Å². The van der Waals surface area contributed by atoms with Gasteiger partial charge in [0.1, 0.15) is 5.78 Å². The molecule has 0 aromatic rings. The first-order valence-corrected chi connectivity index (χ1v) is 6.82. The summed E-state index contributed by atoms with van der Waals surface area (Å²) in [5.41, 5.74) is 5.72. The number of ketones is 1. The van der Waals surface area contributed by atoms with Crippen LogP contribution >= 0.6 is 0 Å². The minimum atomic E-state index is -0.110. The van der Waals surface area contributed by atoms with E-state index in [4.69, 9.17) is 5.73 Å². The third-order valence-electron chi connectivity index (χ3n) is 4.77. The number of Topliss-reactive ketones (excluding diaryl/α,β-unsaturated/α-hetero) is 1. The highest BCUT2D eigenvalue weighted by atomic mass is 16.1. The fourth-order valence-electron chi connectivity index (χ4n) is 3.75. The van der Waals surface area contributed by atoms with E-state index >= 15 is 0 Å². The van der Waals surface area contributed by atoms with Gasteiger partial charge in [-0.2, -0.15) is 0 Å². The van der Waals surface area contributed by atoms with Gasteiger partial charge in [0.05, 0.1) is 0 Å². The molecular weight excluding hydrogens is 198 g/mol. The number of nitrogens with two attached hydrogens (primary N) is 1. The molecule has 2 N–H and O–H groups in total. The Bertz CT molecular complexity index is 254. The lowest BCUT2D eigenvalue weighted by molar-refractivity contribution is -0.139. The van der Waals surface area contributed by atoms with Crippen LogP contribution in [0, 0.1) is 23.2 Å². The minimum absolute atomic E-state index is 0.110. The van der Waals surface area contributed by atoms with Crippen molar-refractivity contribution in [1.82, 2.24) is 0 Å². The molecule has 0 aromatic carbocycles. The van der Waals surface area contributed by atoms with Crippen LogP contribution in [0.4, 0.5) is 0 Å². The zero-order chi connectivity index (χ0) is 11.8. The van der Waals surface area contributed by atoms with Gasteiger partial charge in [-0.1, -0.05) is 20.3 Å². The standard InChI is InChI=1S/C14H25NO/c1-10-6-11(2)8-12(7-10)13(16)14(9-15)4-3-5-14/h10-12H,3-9,15H2,1-2H3. The molecule has 0 aromatic heterocycles. The molecule has 0 aliphatic heterocycles. The van der Waals surface area contributed by atoms with Crippen molar-refractivity contribution in [3.8, 4) is 0 Å². The molecule has 2 saturated carbocycles. The molecule has 2 fully saturated rings. The number of hydrogen-bond acceptors (Lipinski definition) is 2. The number of carbonyl (C=O) groups excluding carboxylic acids is 1. The Kier molecular flexibility index (Phi) is 3.39. The van der Waals surface area contributed by atoms with Crippen LogP contribution in [0.5, 0.6) is 0 Å². The van der Waals surface area contributed by atoms with E-state index < -0.39 is 0 Å². The summed E-state index contributed by atoms with van der Waals surface area (Å²) in [5.74, 6) is 2.24. The average Bonchev–Trinajstić information content (AvgIpc) is 2.15. The Hall–Kier alpha value is -0.370. The molecule has 2 rings (SSSR count). The van der Waals surface area contributed by atoms with Gasteiger partial charge < -0.3 is 5.73 Å². The van der Waals surface area contributed by atoms with Crippen LogP contribution in [0.15, 0.2) is 0 Å². The predicted octanol–water partition coefficient (Wildman–Crippen LogP) is 2.76. The number of hydrogen-bond donors (Lipinski definition) is 1. The fourth-order valence-corrected chi connectivity index (χ4v) is 3.75. The predicted molar refractivity (Wildman–Crippen MR) is 66.0 cm³/mol. The van der Waals surface area contributed by atoms with Gasteiger partial charge in [-0.3, -0.25) is 4.79 Å². The second-order valence-electron chi connectivity index (χ2n) is 6.32. The Labute approximate surface area is 99.0 Å². The van der Waals surface area contributed by atoms with Crippen LogP contribution in [-0.4, -0.2) is 12.3 Å². The summed E-state index contributed by atoms with van der Waals surface area (Å²) in [6.07, 6.45) is 6.78. The second kappa shape index (κ2) is 4.48. The van der Waals surface area contributed by atoms with E-state index in [1.54, 1.807) is 0 Å². The van der Waals surface area contributed by atoms with E-state index in [-0.39, 0.29) is 5.41 Å². The zero-order valence-corrected chi connectivity index (χ0v) is 10.7. The zero-order valence-electron chi connectivity index (χ0n) is 10.7. The Morgan fingerprint density at radius 2 is 1.75 bits per heavy atom. The van der Waals surface area contributed by atoms with Crippen molar-refractivity contribution in [3.63, 3.8) is 0 Å². The van der Waals surface area contributed by atoms with Crippen molar-refractivity contribution >= 4 is 5.78 Å². The molecule has 0 spiro atoms. The third-order valence-corrected chi connectivity index (χ3v) is 4.77. The fraction of sp³-hybridized carbons (Fsp3) is 0.929. The molecule has 0 radical (unpaired) electrons. The molecule has 2 unspecified atom stereocenters. The van der Waals surface area contributed by atoms with Crippen LogP contribution in [0.2, 0.25) is 0 Å². The minimum Gasteiger partial charge on any atom is -0.329 e. The van der Waals surface area contributed by atoms with Crippen LogP contribution < -0.4 is 5.73 Å². The second-order valence-corrected chi connectivity index (χ2v) is 6.32. The maximum atomic E-state index is 12.5.